The first kappa shape index (κ1) is 22.7. The Labute approximate surface area is 179 Å². The molecule has 2 N–H and O–H groups in total. The van der Waals surface area contributed by atoms with Crippen molar-refractivity contribution in [2.24, 2.45) is 0 Å². The van der Waals surface area contributed by atoms with Gasteiger partial charge in [0, 0.05) is 16.6 Å². The predicted molar refractivity (Wildman–Crippen MR) is 114 cm³/mol. The molecule has 2 aromatic carbocycles. The van der Waals surface area contributed by atoms with Crippen LogP contribution in [0.1, 0.15) is 15.9 Å². The summed E-state index contributed by atoms with van der Waals surface area (Å²) < 4.78 is 37.6. The summed E-state index contributed by atoms with van der Waals surface area (Å²) in [6.07, 6.45) is 5.62. The summed E-state index contributed by atoms with van der Waals surface area (Å²) in [5.41, 5.74) is 1.30. The molecule has 0 aliphatic carbocycles. The van der Waals surface area contributed by atoms with Crippen molar-refractivity contribution in [3.05, 3.63) is 52.0 Å². The molecule has 29 heavy (non-hydrogen) atoms. The van der Waals surface area contributed by atoms with Gasteiger partial charge in [0.2, 0.25) is 10.0 Å². The quantitative estimate of drug-likeness (QED) is 0.537. The molecule has 0 spiro atoms. The number of carbonyl (C=O) groups excluding carboxylic acids is 1. The predicted octanol–water partition coefficient (Wildman–Crippen LogP) is 2.35. The lowest BCUT2D eigenvalue weighted by molar-refractivity contribution is 0.0954. The molecule has 0 atom stereocenters. The third kappa shape index (κ3) is 5.97. The minimum absolute atomic E-state index is 0.0403. The fourth-order valence-corrected chi connectivity index (χ4v) is 3.96. The summed E-state index contributed by atoms with van der Waals surface area (Å²) in [6.45, 7) is 0.285. The Hall–Kier alpha value is -2.54. The first-order chi connectivity index (χ1) is 13.8. The average Bonchev–Trinajstić information content (AvgIpc) is 2.73. The summed E-state index contributed by atoms with van der Waals surface area (Å²) >= 11 is 3.48. The lowest BCUT2D eigenvalue weighted by Crippen LogP contribution is -2.26. The Morgan fingerprint density at radius 2 is 1.76 bits per heavy atom. The van der Waals surface area contributed by atoms with E-state index in [1.54, 1.807) is 14.2 Å². The Balaban J connectivity index is 1.99. The fourth-order valence-electron chi connectivity index (χ4n) is 2.51. The number of nitrogens with one attached hydrogen (secondary N) is 2. The molecule has 0 radical (unpaired) electrons. The molecule has 0 bridgehead atoms. The number of carbonyl (C=O) groups is 1. The second-order valence-electron chi connectivity index (χ2n) is 5.86. The van der Waals surface area contributed by atoms with Crippen molar-refractivity contribution in [2.45, 2.75) is 11.3 Å². The summed E-state index contributed by atoms with van der Waals surface area (Å²) in [6, 6.07) is 9.27. The maximum Gasteiger partial charge on any atom is 0.251 e. The Morgan fingerprint density at radius 1 is 1.14 bits per heavy atom. The van der Waals surface area contributed by atoms with Crippen molar-refractivity contribution in [1.29, 1.82) is 0 Å². The normalized spacial score (nSPS) is 10.8. The third-order valence-corrected chi connectivity index (χ3v) is 6.18. The number of terminal acetylenes is 1. The maximum absolute atomic E-state index is 12.3. The molecule has 0 heterocycles. The van der Waals surface area contributed by atoms with E-state index in [9.17, 15) is 13.2 Å². The highest BCUT2D eigenvalue weighted by Crippen LogP contribution is 2.33. The number of rotatable bonds is 9. The zero-order chi connectivity index (χ0) is 21.4. The summed E-state index contributed by atoms with van der Waals surface area (Å²) in [4.78, 5) is 12.4. The van der Waals surface area contributed by atoms with E-state index in [-0.39, 0.29) is 17.3 Å². The average molecular weight is 481 g/mol. The smallest absolute Gasteiger partial charge is 0.251 e. The van der Waals surface area contributed by atoms with Gasteiger partial charge in [0.05, 0.1) is 25.7 Å². The van der Waals surface area contributed by atoms with Crippen molar-refractivity contribution in [3.63, 3.8) is 0 Å². The summed E-state index contributed by atoms with van der Waals surface area (Å²) in [5, 5.41) is 2.81. The van der Waals surface area contributed by atoms with Crippen molar-refractivity contribution < 1.29 is 22.7 Å². The highest BCUT2D eigenvalue weighted by Gasteiger charge is 2.14. The number of ether oxygens (including phenoxy) is 2. The number of methoxy groups -OCH3 is 2. The van der Waals surface area contributed by atoms with Crippen molar-refractivity contribution in [2.75, 3.05) is 27.3 Å². The molecule has 0 unspecified atom stereocenters. The van der Waals surface area contributed by atoms with E-state index in [1.165, 1.54) is 24.3 Å². The van der Waals surface area contributed by atoms with Crippen molar-refractivity contribution >= 4 is 31.9 Å². The summed E-state index contributed by atoms with van der Waals surface area (Å²) in [5.74, 6) is 3.12. The van der Waals surface area contributed by atoms with Gasteiger partial charge in [0.15, 0.2) is 11.5 Å². The van der Waals surface area contributed by atoms with Crippen LogP contribution in [0.15, 0.2) is 45.8 Å². The van der Waals surface area contributed by atoms with E-state index in [1.807, 2.05) is 12.1 Å². The number of amides is 1. The molecule has 2 rings (SSSR count). The number of hydrogen-bond acceptors (Lipinski definition) is 5. The number of halogens is 1. The van der Waals surface area contributed by atoms with Crippen LogP contribution in [-0.4, -0.2) is 41.6 Å². The van der Waals surface area contributed by atoms with E-state index in [2.05, 4.69) is 31.9 Å². The number of benzene rings is 2. The van der Waals surface area contributed by atoms with Crippen LogP contribution in [0.4, 0.5) is 0 Å². The van der Waals surface area contributed by atoms with Gasteiger partial charge >= 0.3 is 0 Å². The minimum Gasteiger partial charge on any atom is -0.493 e. The molecule has 0 saturated heterocycles. The van der Waals surface area contributed by atoms with Crippen LogP contribution in [0.3, 0.4) is 0 Å². The fraction of sp³-hybridized carbons (Fsp3) is 0.250. The molecule has 0 aliphatic rings. The van der Waals surface area contributed by atoms with Crippen LogP contribution in [0.2, 0.25) is 0 Å². The first-order valence-electron chi connectivity index (χ1n) is 8.54. The molecule has 2 aromatic rings. The number of sulfonamides is 1. The molecule has 9 heteroatoms. The van der Waals surface area contributed by atoms with Crippen LogP contribution in [0.5, 0.6) is 11.5 Å². The molecule has 1 amide bonds. The Morgan fingerprint density at radius 3 is 2.34 bits per heavy atom. The first-order valence-corrected chi connectivity index (χ1v) is 10.8. The molecule has 7 nitrogen and oxygen atoms in total. The Kier molecular flexibility index (Phi) is 8.08. The van der Waals surface area contributed by atoms with Gasteiger partial charge in [-0.2, -0.15) is 4.72 Å². The van der Waals surface area contributed by atoms with E-state index >= 15 is 0 Å². The van der Waals surface area contributed by atoms with Crippen LogP contribution in [0.25, 0.3) is 0 Å². The van der Waals surface area contributed by atoms with Gasteiger partial charge in [-0.15, -0.1) is 6.42 Å². The van der Waals surface area contributed by atoms with Gasteiger partial charge in [0.25, 0.3) is 5.91 Å². The van der Waals surface area contributed by atoms with E-state index in [0.717, 1.165) is 10.0 Å². The highest BCUT2D eigenvalue weighted by atomic mass is 79.9. The molecule has 0 aliphatic heterocycles. The Bertz CT molecular complexity index is 1010. The zero-order valence-corrected chi connectivity index (χ0v) is 18.4. The molecule has 154 valence electrons. The van der Waals surface area contributed by atoms with Crippen molar-refractivity contribution in [1.82, 2.24) is 10.0 Å². The molecular formula is C20H21BrN2O5S. The minimum atomic E-state index is -3.69. The van der Waals surface area contributed by atoms with Crippen LogP contribution in [0, 0.1) is 12.3 Å². The second-order valence-corrected chi connectivity index (χ2v) is 8.48. The van der Waals surface area contributed by atoms with Crippen LogP contribution >= 0.6 is 15.9 Å². The van der Waals surface area contributed by atoms with Gasteiger partial charge in [-0.25, -0.2) is 8.42 Å². The highest BCUT2D eigenvalue weighted by molar-refractivity contribution is 9.10. The third-order valence-electron chi connectivity index (χ3n) is 4.02. The maximum atomic E-state index is 12.3. The van der Waals surface area contributed by atoms with Crippen LogP contribution < -0.4 is 19.5 Å². The standard InChI is InChI=1S/C20H21BrN2O5S/c1-4-10-23-29(25,26)16-7-5-14(6-8-16)20(24)22-11-9-15-12-18(27-2)19(28-3)13-17(15)21/h1,5-8,12-13,23H,9-11H2,2-3H3,(H,22,24). The molecular weight excluding hydrogens is 460 g/mol. The van der Waals surface area contributed by atoms with Gasteiger partial charge < -0.3 is 14.8 Å². The topological polar surface area (TPSA) is 93.7 Å². The molecule has 0 fully saturated rings. The van der Waals surface area contributed by atoms with E-state index in [4.69, 9.17) is 15.9 Å². The van der Waals surface area contributed by atoms with E-state index in [0.29, 0.717) is 30.0 Å². The largest absolute Gasteiger partial charge is 0.493 e. The number of hydrogen-bond donors (Lipinski definition) is 2. The summed E-state index contributed by atoms with van der Waals surface area (Å²) in [7, 11) is -0.566. The lowest BCUT2D eigenvalue weighted by atomic mass is 10.1. The second kappa shape index (κ2) is 10.3. The van der Waals surface area contributed by atoms with Crippen molar-refractivity contribution in [3.8, 4) is 23.8 Å². The molecule has 0 aromatic heterocycles. The SMILES string of the molecule is C#CCNS(=O)(=O)c1ccc(C(=O)NCCc2cc(OC)c(OC)cc2Br)cc1. The monoisotopic (exact) mass is 480 g/mol. The van der Waals surface area contributed by atoms with Gasteiger partial charge in [-0.1, -0.05) is 21.9 Å². The molecule has 0 saturated carbocycles. The lowest BCUT2D eigenvalue weighted by Gasteiger charge is -2.12. The van der Waals surface area contributed by atoms with Crippen LogP contribution in [-0.2, 0) is 16.4 Å². The van der Waals surface area contributed by atoms with E-state index < -0.39 is 10.0 Å². The van der Waals surface area contributed by atoms with Gasteiger partial charge in [-0.3, -0.25) is 4.79 Å². The van der Waals surface area contributed by atoms with Gasteiger partial charge in [0.1, 0.15) is 0 Å². The zero-order valence-electron chi connectivity index (χ0n) is 16.0. The van der Waals surface area contributed by atoms with Gasteiger partial charge in [-0.05, 0) is 48.4 Å².